The van der Waals surface area contributed by atoms with Crippen LogP contribution in [0.5, 0.6) is 5.75 Å². The van der Waals surface area contributed by atoms with Crippen LogP contribution in [0.3, 0.4) is 0 Å². The number of piperidine rings is 1. The maximum Gasteiger partial charge on any atom is 0.253 e. The number of carbonyl (C=O) groups is 1. The van der Waals surface area contributed by atoms with Gasteiger partial charge in [0.15, 0.2) is 0 Å². The average Bonchev–Trinajstić information content (AvgIpc) is 2.66. The first kappa shape index (κ1) is 19.4. The van der Waals surface area contributed by atoms with Crippen LogP contribution in [0.15, 0.2) is 48.5 Å². The number of hydrogen-bond acceptors (Lipinski definition) is 3. The first-order chi connectivity index (χ1) is 12.8. The zero-order valence-electron chi connectivity index (χ0n) is 16.4. The highest BCUT2D eigenvalue weighted by Gasteiger charge is 2.22. The fourth-order valence-electron chi connectivity index (χ4n) is 3.28. The van der Waals surface area contributed by atoms with Crippen molar-refractivity contribution in [2.24, 2.45) is 0 Å². The number of benzene rings is 2. The third-order valence-electron chi connectivity index (χ3n) is 5.01. The van der Waals surface area contributed by atoms with Crippen LogP contribution in [0.1, 0.15) is 55.1 Å². The summed E-state index contributed by atoms with van der Waals surface area (Å²) >= 11 is 0. The quantitative estimate of drug-likeness (QED) is 0.883. The molecular weight excluding hydrogens is 338 g/mol. The molecule has 4 nitrogen and oxygen atoms in total. The number of ether oxygens (including phenoxy) is 1. The van der Waals surface area contributed by atoms with Crippen LogP contribution in [-0.2, 0) is 12.0 Å². The van der Waals surface area contributed by atoms with Gasteiger partial charge in [0, 0.05) is 18.7 Å². The first-order valence-electron chi connectivity index (χ1n) is 9.62. The van der Waals surface area contributed by atoms with Gasteiger partial charge >= 0.3 is 0 Å². The van der Waals surface area contributed by atoms with Crippen LogP contribution in [0.2, 0.25) is 0 Å². The molecule has 1 amide bonds. The number of carbonyl (C=O) groups excluding carboxylic acids is 1. The highest BCUT2D eigenvalue weighted by molar-refractivity contribution is 5.94. The molecule has 0 saturated carbocycles. The normalized spacial score (nSPS) is 17.6. The molecule has 1 fully saturated rings. The van der Waals surface area contributed by atoms with Crippen molar-refractivity contribution >= 4 is 5.91 Å². The molecule has 1 aliphatic rings. The van der Waals surface area contributed by atoms with Gasteiger partial charge in [-0.05, 0) is 53.6 Å². The lowest BCUT2D eigenvalue weighted by molar-refractivity contribution is 0.0473. The Hall–Kier alpha value is -2.33. The molecule has 1 aliphatic heterocycles. The maximum atomic E-state index is 12.5. The fraction of sp³-hybridized carbons (Fsp3) is 0.435. The van der Waals surface area contributed by atoms with Gasteiger partial charge in [0.25, 0.3) is 5.91 Å². The van der Waals surface area contributed by atoms with E-state index in [4.69, 9.17) is 4.74 Å². The Morgan fingerprint density at radius 1 is 1.11 bits per heavy atom. The minimum Gasteiger partial charge on any atom is -0.489 e. The number of nitrogens with zero attached hydrogens (tertiary/aromatic N) is 1. The van der Waals surface area contributed by atoms with Gasteiger partial charge in [-0.3, -0.25) is 4.79 Å². The number of β-amino-alcohol motifs (C(OH)–C–C–N with tert-alkyl or cyclic N) is 1. The summed E-state index contributed by atoms with van der Waals surface area (Å²) < 4.78 is 5.86. The van der Waals surface area contributed by atoms with Crippen molar-refractivity contribution in [1.29, 1.82) is 0 Å². The molecular formula is C23H29NO3. The molecule has 0 aromatic heterocycles. The minimum absolute atomic E-state index is 0.0148. The molecule has 2 aromatic carbocycles. The Kier molecular flexibility index (Phi) is 5.85. The standard InChI is InChI=1S/C23H29NO3/c1-23(2,3)19-10-12-21(13-11-19)27-16-17-6-8-18(9-7-17)22(26)24-14-4-5-20(25)15-24/h6-13,20,25H,4-5,14-16H2,1-3H3. The lowest BCUT2D eigenvalue weighted by atomic mass is 9.87. The van der Waals surface area contributed by atoms with Crippen molar-refractivity contribution in [3.63, 3.8) is 0 Å². The number of rotatable bonds is 4. The van der Waals surface area contributed by atoms with E-state index in [2.05, 4.69) is 32.9 Å². The summed E-state index contributed by atoms with van der Waals surface area (Å²) in [4.78, 5) is 14.3. The van der Waals surface area contributed by atoms with E-state index in [1.54, 1.807) is 4.90 Å². The van der Waals surface area contributed by atoms with Gasteiger partial charge in [-0.25, -0.2) is 0 Å². The highest BCUT2D eigenvalue weighted by Crippen LogP contribution is 2.24. The predicted molar refractivity (Wildman–Crippen MR) is 107 cm³/mol. The molecule has 1 unspecified atom stereocenters. The lowest BCUT2D eigenvalue weighted by Crippen LogP contribution is -2.42. The molecule has 0 radical (unpaired) electrons. The van der Waals surface area contributed by atoms with E-state index in [-0.39, 0.29) is 11.3 Å². The van der Waals surface area contributed by atoms with Crippen molar-refractivity contribution in [3.05, 3.63) is 65.2 Å². The second-order valence-corrected chi connectivity index (χ2v) is 8.31. The fourth-order valence-corrected chi connectivity index (χ4v) is 3.28. The number of hydrogen-bond donors (Lipinski definition) is 1. The Morgan fingerprint density at radius 2 is 1.78 bits per heavy atom. The average molecular weight is 367 g/mol. The Labute approximate surface area is 161 Å². The van der Waals surface area contributed by atoms with Crippen molar-refractivity contribution < 1.29 is 14.6 Å². The van der Waals surface area contributed by atoms with Crippen molar-refractivity contribution in [2.75, 3.05) is 13.1 Å². The SMILES string of the molecule is CC(C)(C)c1ccc(OCc2ccc(C(=O)N3CCCC(O)C3)cc2)cc1. The van der Waals surface area contributed by atoms with Crippen LogP contribution >= 0.6 is 0 Å². The van der Waals surface area contributed by atoms with Gasteiger partial charge in [0.1, 0.15) is 12.4 Å². The van der Waals surface area contributed by atoms with Gasteiger partial charge in [0.05, 0.1) is 6.10 Å². The third-order valence-corrected chi connectivity index (χ3v) is 5.01. The number of aliphatic hydroxyl groups is 1. The van der Waals surface area contributed by atoms with Crippen LogP contribution in [0.25, 0.3) is 0 Å². The molecule has 0 bridgehead atoms. The van der Waals surface area contributed by atoms with Gasteiger partial charge in [-0.1, -0.05) is 45.0 Å². The summed E-state index contributed by atoms with van der Waals surface area (Å²) in [7, 11) is 0. The van der Waals surface area contributed by atoms with E-state index in [1.807, 2.05) is 36.4 Å². The second-order valence-electron chi connectivity index (χ2n) is 8.31. The number of amides is 1. The molecule has 1 heterocycles. The monoisotopic (exact) mass is 367 g/mol. The minimum atomic E-state index is -0.403. The molecule has 27 heavy (non-hydrogen) atoms. The molecule has 4 heteroatoms. The van der Waals surface area contributed by atoms with Gasteiger partial charge < -0.3 is 14.7 Å². The molecule has 1 saturated heterocycles. The van der Waals surface area contributed by atoms with Gasteiger partial charge in [-0.2, -0.15) is 0 Å². The van der Waals surface area contributed by atoms with E-state index in [0.29, 0.717) is 25.3 Å². The summed E-state index contributed by atoms with van der Waals surface area (Å²) in [6.07, 6.45) is 1.23. The zero-order valence-corrected chi connectivity index (χ0v) is 16.4. The third kappa shape index (κ3) is 5.10. The topological polar surface area (TPSA) is 49.8 Å². The summed E-state index contributed by atoms with van der Waals surface area (Å²) in [5.41, 5.74) is 3.08. The smallest absolute Gasteiger partial charge is 0.253 e. The Bertz CT molecular complexity index is 760. The molecule has 1 N–H and O–H groups in total. The second kappa shape index (κ2) is 8.13. The van der Waals surface area contributed by atoms with Crippen molar-refractivity contribution in [2.45, 2.75) is 51.7 Å². The highest BCUT2D eigenvalue weighted by atomic mass is 16.5. The maximum absolute atomic E-state index is 12.5. The van der Waals surface area contributed by atoms with Crippen LogP contribution < -0.4 is 4.74 Å². The van der Waals surface area contributed by atoms with Crippen LogP contribution in [0.4, 0.5) is 0 Å². The van der Waals surface area contributed by atoms with E-state index in [0.717, 1.165) is 24.2 Å². The molecule has 144 valence electrons. The van der Waals surface area contributed by atoms with E-state index in [1.165, 1.54) is 5.56 Å². The molecule has 3 rings (SSSR count). The molecule has 2 aromatic rings. The van der Waals surface area contributed by atoms with E-state index >= 15 is 0 Å². The van der Waals surface area contributed by atoms with E-state index in [9.17, 15) is 9.90 Å². The summed E-state index contributed by atoms with van der Waals surface area (Å²) in [6.45, 7) is 8.17. The first-order valence-corrected chi connectivity index (χ1v) is 9.62. The molecule has 0 spiro atoms. The van der Waals surface area contributed by atoms with Gasteiger partial charge in [-0.15, -0.1) is 0 Å². The molecule has 1 atom stereocenters. The zero-order chi connectivity index (χ0) is 19.4. The van der Waals surface area contributed by atoms with Crippen molar-refractivity contribution in [1.82, 2.24) is 4.90 Å². The summed E-state index contributed by atoms with van der Waals surface area (Å²) in [5.74, 6) is 0.824. The number of aliphatic hydroxyl groups excluding tert-OH is 1. The summed E-state index contributed by atoms with van der Waals surface area (Å²) in [5, 5.41) is 9.75. The Balaban J connectivity index is 1.57. The van der Waals surface area contributed by atoms with Gasteiger partial charge in [0.2, 0.25) is 0 Å². The predicted octanol–water partition coefficient (Wildman–Crippen LogP) is 4.16. The number of likely N-dealkylation sites (tertiary alicyclic amines) is 1. The lowest BCUT2D eigenvalue weighted by Gasteiger charge is -2.30. The largest absolute Gasteiger partial charge is 0.489 e. The molecule has 0 aliphatic carbocycles. The van der Waals surface area contributed by atoms with Crippen LogP contribution in [0, 0.1) is 0 Å². The Morgan fingerprint density at radius 3 is 2.37 bits per heavy atom. The summed E-state index contributed by atoms with van der Waals surface area (Å²) in [6, 6.07) is 15.7. The van der Waals surface area contributed by atoms with Crippen LogP contribution in [-0.4, -0.2) is 35.1 Å². The van der Waals surface area contributed by atoms with Crippen molar-refractivity contribution in [3.8, 4) is 5.75 Å². The van der Waals surface area contributed by atoms with E-state index < -0.39 is 6.10 Å².